The predicted octanol–water partition coefficient (Wildman–Crippen LogP) is 5.41. The van der Waals surface area contributed by atoms with Crippen molar-refractivity contribution < 1.29 is 22.8 Å². The minimum Gasteiger partial charge on any atom is -0.350 e. The van der Waals surface area contributed by atoms with Crippen LogP contribution in [-0.4, -0.2) is 11.8 Å². The second-order valence-electron chi connectivity index (χ2n) is 7.10. The molecule has 2 amide bonds. The van der Waals surface area contributed by atoms with Crippen LogP contribution in [0, 0.1) is 6.92 Å². The molecule has 0 spiro atoms. The number of carbonyl (C=O) groups is 2. The van der Waals surface area contributed by atoms with Crippen molar-refractivity contribution in [3.63, 3.8) is 0 Å². The highest BCUT2D eigenvalue weighted by atomic mass is 19.4. The van der Waals surface area contributed by atoms with Gasteiger partial charge in [-0.3, -0.25) is 9.59 Å². The van der Waals surface area contributed by atoms with Crippen LogP contribution in [0.5, 0.6) is 0 Å². The lowest BCUT2D eigenvalue weighted by atomic mass is 10.0. The first kappa shape index (κ1) is 20.4. The second-order valence-corrected chi connectivity index (χ2v) is 7.10. The molecule has 0 fully saturated rings. The first-order valence-corrected chi connectivity index (χ1v) is 9.45. The number of para-hydroxylation sites is 1. The number of hydrogen-bond donors (Lipinski definition) is 1. The average Bonchev–Trinajstić information content (AvgIpc) is 2.98. The van der Waals surface area contributed by atoms with Gasteiger partial charge in [-0.05, 0) is 42.8 Å². The summed E-state index contributed by atoms with van der Waals surface area (Å²) in [5, 5.41) is 2.76. The number of amides is 2. The van der Waals surface area contributed by atoms with Crippen molar-refractivity contribution in [2.75, 3.05) is 10.2 Å². The number of aryl methyl sites for hydroxylation is 1. The molecule has 0 unspecified atom stereocenters. The highest BCUT2D eigenvalue weighted by molar-refractivity contribution is 6.46. The molecule has 4 rings (SSSR count). The van der Waals surface area contributed by atoms with Crippen molar-refractivity contribution in [1.82, 2.24) is 0 Å². The Morgan fingerprint density at radius 1 is 0.806 bits per heavy atom. The Hall–Kier alpha value is -3.87. The molecular formula is C24H17F3N2O2. The lowest BCUT2D eigenvalue weighted by Gasteiger charge is -2.15. The molecule has 0 aliphatic carbocycles. The summed E-state index contributed by atoms with van der Waals surface area (Å²) in [5.41, 5.74) is 1.08. The Labute approximate surface area is 176 Å². The molecule has 31 heavy (non-hydrogen) atoms. The molecule has 0 radical (unpaired) electrons. The summed E-state index contributed by atoms with van der Waals surface area (Å²) in [4.78, 5) is 27.5. The minimum absolute atomic E-state index is 0.0606. The van der Waals surface area contributed by atoms with E-state index in [4.69, 9.17) is 0 Å². The fourth-order valence-corrected chi connectivity index (χ4v) is 3.36. The number of carbonyl (C=O) groups excluding carboxylic acids is 2. The van der Waals surface area contributed by atoms with Gasteiger partial charge < -0.3 is 5.32 Å². The Bertz CT molecular complexity index is 1180. The number of nitrogens with zero attached hydrogens (tertiary/aromatic N) is 1. The number of alkyl halides is 3. The number of anilines is 2. The molecule has 156 valence electrons. The van der Waals surface area contributed by atoms with Gasteiger partial charge in [-0.25, -0.2) is 4.90 Å². The SMILES string of the molecule is Cc1ccc(C2=C(Nc3cccc(C(F)(F)F)c3)C(=O)N(c3ccccc3)C2=O)cc1. The van der Waals surface area contributed by atoms with Crippen LogP contribution < -0.4 is 10.2 Å². The Kier molecular flexibility index (Phi) is 5.10. The molecule has 0 atom stereocenters. The van der Waals surface area contributed by atoms with E-state index in [1.807, 2.05) is 6.92 Å². The highest BCUT2D eigenvalue weighted by Gasteiger charge is 2.40. The largest absolute Gasteiger partial charge is 0.416 e. The van der Waals surface area contributed by atoms with E-state index in [0.717, 1.165) is 22.6 Å². The van der Waals surface area contributed by atoms with E-state index in [9.17, 15) is 22.8 Å². The summed E-state index contributed by atoms with van der Waals surface area (Å²) in [6, 6.07) is 19.9. The summed E-state index contributed by atoms with van der Waals surface area (Å²) in [6.45, 7) is 1.89. The average molecular weight is 422 g/mol. The highest BCUT2D eigenvalue weighted by Crippen LogP contribution is 2.35. The molecule has 1 heterocycles. The number of nitrogens with one attached hydrogen (secondary N) is 1. The standard InChI is InChI=1S/C24H17F3N2O2/c1-15-10-12-16(13-11-15)20-21(28-18-7-5-6-17(14-18)24(25,26)27)23(31)29(22(20)30)19-8-3-2-4-9-19/h2-14,28H,1H3. The van der Waals surface area contributed by atoms with E-state index < -0.39 is 23.6 Å². The zero-order valence-electron chi connectivity index (χ0n) is 16.4. The van der Waals surface area contributed by atoms with Gasteiger partial charge in [0, 0.05) is 5.69 Å². The van der Waals surface area contributed by atoms with Crippen LogP contribution >= 0.6 is 0 Å². The minimum atomic E-state index is -4.53. The molecule has 4 nitrogen and oxygen atoms in total. The van der Waals surface area contributed by atoms with E-state index in [2.05, 4.69) is 5.32 Å². The lowest BCUT2D eigenvalue weighted by molar-refractivity contribution is -0.137. The van der Waals surface area contributed by atoms with Crippen molar-refractivity contribution in [3.8, 4) is 0 Å². The van der Waals surface area contributed by atoms with Gasteiger partial charge in [0.2, 0.25) is 0 Å². The van der Waals surface area contributed by atoms with Gasteiger partial charge in [0.25, 0.3) is 11.8 Å². The molecule has 1 aliphatic rings. The van der Waals surface area contributed by atoms with Gasteiger partial charge in [-0.1, -0.05) is 54.1 Å². The maximum atomic E-state index is 13.3. The molecule has 0 aromatic heterocycles. The molecule has 7 heteroatoms. The fraction of sp³-hybridized carbons (Fsp3) is 0.0833. The molecule has 0 saturated heterocycles. The normalized spacial score (nSPS) is 14.4. The number of rotatable bonds is 4. The van der Waals surface area contributed by atoms with Gasteiger partial charge in [-0.2, -0.15) is 13.2 Å². The second kappa shape index (κ2) is 7.75. The van der Waals surface area contributed by atoms with Crippen molar-refractivity contribution >= 4 is 28.8 Å². The van der Waals surface area contributed by atoms with Crippen LogP contribution in [0.4, 0.5) is 24.5 Å². The van der Waals surface area contributed by atoms with Crippen LogP contribution in [0.15, 0.2) is 84.6 Å². The lowest BCUT2D eigenvalue weighted by Crippen LogP contribution is -2.32. The van der Waals surface area contributed by atoms with Gasteiger partial charge in [-0.15, -0.1) is 0 Å². The zero-order valence-corrected chi connectivity index (χ0v) is 16.4. The Balaban J connectivity index is 1.81. The first-order valence-electron chi connectivity index (χ1n) is 9.45. The number of hydrogen-bond acceptors (Lipinski definition) is 3. The summed E-state index contributed by atoms with van der Waals surface area (Å²) in [6.07, 6.45) is -4.53. The van der Waals surface area contributed by atoms with Crippen LogP contribution in [-0.2, 0) is 15.8 Å². The molecule has 3 aromatic rings. The van der Waals surface area contributed by atoms with Gasteiger partial charge in [0.05, 0.1) is 16.8 Å². The summed E-state index contributed by atoms with van der Waals surface area (Å²) >= 11 is 0. The molecular weight excluding hydrogens is 405 g/mol. The molecule has 0 bridgehead atoms. The maximum Gasteiger partial charge on any atom is 0.416 e. The number of benzene rings is 3. The molecule has 1 N–H and O–H groups in total. The smallest absolute Gasteiger partial charge is 0.350 e. The topological polar surface area (TPSA) is 49.4 Å². The van der Waals surface area contributed by atoms with Crippen molar-refractivity contribution in [3.05, 3.63) is 101 Å². The molecule has 1 aliphatic heterocycles. The summed E-state index contributed by atoms with van der Waals surface area (Å²) < 4.78 is 39.3. The summed E-state index contributed by atoms with van der Waals surface area (Å²) in [5.74, 6) is -1.18. The van der Waals surface area contributed by atoms with Gasteiger partial charge >= 0.3 is 6.18 Å². The van der Waals surface area contributed by atoms with Crippen LogP contribution in [0.1, 0.15) is 16.7 Å². The van der Waals surface area contributed by atoms with E-state index in [-0.39, 0.29) is 17.0 Å². The van der Waals surface area contributed by atoms with Crippen molar-refractivity contribution in [2.45, 2.75) is 13.1 Å². The van der Waals surface area contributed by atoms with Crippen LogP contribution in [0.2, 0.25) is 0 Å². The van der Waals surface area contributed by atoms with Crippen LogP contribution in [0.25, 0.3) is 5.57 Å². The number of halogens is 3. The monoisotopic (exact) mass is 422 g/mol. The van der Waals surface area contributed by atoms with Crippen molar-refractivity contribution in [2.24, 2.45) is 0 Å². The zero-order chi connectivity index (χ0) is 22.2. The van der Waals surface area contributed by atoms with Gasteiger partial charge in [0.15, 0.2) is 0 Å². The third kappa shape index (κ3) is 3.94. The maximum absolute atomic E-state index is 13.3. The quantitative estimate of drug-likeness (QED) is 0.572. The van der Waals surface area contributed by atoms with E-state index >= 15 is 0 Å². The Morgan fingerprint density at radius 2 is 1.48 bits per heavy atom. The van der Waals surface area contributed by atoms with Gasteiger partial charge in [0.1, 0.15) is 5.70 Å². The predicted molar refractivity (Wildman–Crippen MR) is 112 cm³/mol. The molecule has 3 aromatic carbocycles. The molecule has 0 saturated carbocycles. The summed E-state index contributed by atoms with van der Waals surface area (Å²) in [7, 11) is 0. The fourth-order valence-electron chi connectivity index (χ4n) is 3.36. The third-order valence-electron chi connectivity index (χ3n) is 4.90. The van der Waals surface area contributed by atoms with E-state index in [1.165, 1.54) is 12.1 Å². The number of imide groups is 1. The Morgan fingerprint density at radius 3 is 2.13 bits per heavy atom. The van der Waals surface area contributed by atoms with E-state index in [1.54, 1.807) is 54.6 Å². The van der Waals surface area contributed by atoms with Crippen LogP contribution in [0.3, 0.4) is 0 Å². The van der Waals surface area contributed by atoms with Crippen molar-refractivity contribution in [1.29, 1.82) is 0 Å². The third-order valence-corrected chi connectivity index (χ3v) is 4.90. The van der Waals surface area contributed by atoms with E-state index in [0.29, 0.717) is 11.3 Å². The first-order chi connectivity index (χ1) is 14.8.